The van der Waals surface area contributed by atoms with E-state index in [1.54, 1.807) is 20.2 Å². The predicted molar refractivity (Wildman–Crippen MR) is 130 cm³/mol. The van der Waals surface area contributed by atoms with Gasteiger partial charge in [-0.2, -0.15) is 0 Å². The van der Waals surface area contributed by atoms with Crippen LogP contribution in [0.15, 0.2) is 53.5 Å². The molecule has 0 bridgehead atoms. The number of phenols is 1. The second-order valence-electron chi connectivity index (χ2n) is 6.67. The van der Waals surface area contributed by atoms with Gasteiger partial charge in [-0.15, -0.1) is 24.0 Å². The van der Waals surface area contributed by atoms with E-state index in [1.165, 1.54) is 0 Å². The summed E-state index contributed by atoms with van der Waals surface area (Å²) in [5, 5.41) is 14.2. The molecule has 2 aromatic carbocycles. The molecule has 0 aliphatic carbocycles. The van der Waals surface area contributed by atoms with Crippen LogP contribution in [0.2, 0.25) is 5.02 Å². The highest BCUT2D eigenvalue weighted by Gasteiger charge is 2.22. The Morgan fingerprint density at radius 1 is 1.17 bits per heavy atom. The van der Waals surface area contributed by atoms with Crippen molar-refractivity contribution in [1.82, 2.24) is 10.2 Å². The SMILES string of the molecule is CN=C(NCC(OC)c1cccc(Cl)c1)N1CCN(c2ccccc2O)CC1.I. The molecule has 1 atom stereocenters. The number of piperazine rings is 1. The molecule has 3 rings (SSSR count). The smallest absolute Gasteiger partial charge is 0.193 e. The lowest BCUT2D eigenvalue weighted by Gasteiger charge is -2.38. The van der Waals surface area contributed by atoms with Crippen molar-refractivity contribution in [3.05, 3.63) is 59.1 Å². The van der Waals surface area contributed by atoms with Crippen LogP contribution in [0, 0.1) is 0 Å². The summed E-state index contributed by atoms with van der Waals surface area (Å²) >= 11 is 6.10. The van der Waals surface area contributed by atoms with E-state index < -0.39 is 0 Å². The summed E-state index contributed by atoms with van der Waals surface area (Å²) in [5.74, 6) is 1.17. The molecule has 1 fully saturated rings. The van der Waals surface area contributed by atoms with Crippen molar-refractivity contribution in [3.63, 3.8) is 0 Å². The molecule has 0 aromatic heterocycles. The van der Waals surface area contributed by atoms with Crippen LogP contribution in [-0.4, -0.2) is 62.8 Å². The Labute approximate surface area is 194 Å². The molecule has 158 valence electrons. The summed E-state index contributed by atoms with van der Waals surface area (Å²) in [6, 6.07) is 15.2. The first kappa shape index (κ1) is 23.6. The first-order chi connectivity index (χ1) is 13.6. The lowest BCUT2D eigenvalue weighted by Crippen LogP contribution is -2.53. The second-order valence-corrected chi connectivity index (χ2v) is 7.11. The van der Waals surface area contributed by atoms with Gasteiger partial charge in [0.05, 0.1) is 11.8 Å². The van der Waals surface area contributed by atoms with Crippen LogP contribution in [0.1, 0.15) is 11.7 Å². The van der Waals surface area contributed by atoms with Gasteiger partial charge < -0.3 is 25.0 Å². The molecule has 1 saturated heterocycles. The molecule has 0 radical (unpaired) electrons. The van der Waals surface area contributed by atoms with Crippen LogP contribution in [-0.2, 0) is 4.74 Å². The van der Waals surface area contributed by atoms with Gasteiger partial charge >= 0.3 is 0 Å². The Kier molecular flexibility index (Phi) is 9.32. The molecule has 0 amide bonds. The summed E-state index contributed by atoms with van der Waals surface area (Å²) in [5.41, 5.74) is 1.91. The molecule has 8 heteroatoms. The monoisotopic (exact) mass is 530 g/mol. The van der Waals surface area contributed by atoms with Crippen molar-refractivity contribution in [2.75, 3.05) is 51.8 Å². The molecule has 1 unspecified atom stereocenters. The molecular weight excluding hydrogens is 503 g/mol. The standard InChI is InChI=1S/C21H27ClN4O2.HI/c1-23-21(24-15-20(28-2)16-6-5-7-17(22)14-16)26-12-10-25(11-13-26)18-8-3-4-9-19(18)27;/h3-9,14,20,27H,10-13,15H2,1-2H3,(H,23,24);1H. The first-order valence-corrected chi connectivity index (χ1v) is 9.77. The average Bonchev–Trinajstić information content (AvgIpc) is 2.72. The van der Waals surface area contributed by atoms with E-state index >= 15 is 0 Å². The Bertz CT molecular complexity index is 813. The van der Waals surface area contributed by atoms with Gasteiger partial charge in [-0.05, 0) is 29.8 Å². The lowest BCUT2D eigenvalue weighted by atomic mass is 10.1. The topological polar surface area (TPSA) is 60.3 Å². The van der Waals surface area contributed by atoms with Crippen LogP contribution in [0.4, 0.5) is 5.69 Å². The van der Waals surface area contributed by atoms with E-state index in [-0.39, 0.29) is 30.1 Å². The number of benzene rings is 2. The van der Waals surface area contributed by atoms with Crippen LogP contribution in [0.25, 0.3) is 0 Å². The molecule has 2 aromatic rings. The van der Waals surface area contributed by atoms with Crippen molar-refractivity contribution in [1.29, 1.82) is 0 Å². The number of hydrogen-bond donors (Lipinski definition) is 2. The maximum atomic E-state index is 10.1. The van der Waals surface area contributed by atoms with Crippen LogP contribution >= 0.6 is 35.6 Å². The molecule has 1 heterocycles. The number of anilines is 1. The summed E-state index contributed by atoms with van der Waals surface area (Å²) in [6.45, 7) is 3.88. The number of aliphatic imine (C=N–C) groups is 1. The zero-order valence-electron chi connectivity index (χ0n) is 16.7. The average molecular weight is 531 g/mol. The zero-order valence-corrected chi connectivity index (χ0v) is 19.8. The minimum absolute atomic E-state index is 0. The van der Waals surface area contributed by atoms with Gasteiger partial charge in [0.1, 0.15) is 5.75 Å². The number of ether oxygens (including phenoxy) is 1. The van der Waals surface area contributed by atoms with Gasteiger partial charge in [-0.25, -0.2) is 0 Å². The van der Waals surface area contributed by atoms with Gasteiger partial charge in [0.2, 0.25) is 0 Å². The van der Waals surface area contributed by atoms with E-state index in [4.69, 9.17) is 16.3 Å². The third-order valence-electron chi connectivity index (χ3n) is 4.96. The van der Waals surface area contributed by atoms with E-state index in [1.807, 2.05) is 42.5 Å². The van der Waals surface area contributed by atoms with Gasteiger partial charge in [0.15, 0.2) is 5.96 Å². The Balaban J connectivity index is 0.00000300. The summed E-state index contributed by atoms with van der Waals surface area (Å²) in [4.78, 5) is 8.85. The fraction of sp³-hybridized carbons (Fsp3) is 0.381. The third kappa shape index (κ3) is 6.13. The van der Waals surface area contributed by atoms with Gasteiger partial charge in [-0.1, -0.05) is 35.9 Å². The van der Waals surface area contributed by atoms with E-state index in [2.05, 4.69) is 20.1 Å². The van der Waals surface area contributed by atoms with Crippen molar-refractivity contribution in [2.24, 2.45) is 4.99 Å². The maximum absolute atomic E-state index is 10.1. The number of nitrogens with one attached hydrogen (secondary N) is 1. The zero-order chi connectivity index (χ0) is 19.9. The number of guanidine groups is 1. The highest BCUT2D eigenvalue weighted by molar-refractivity contribution is 14.0. The molecule has 1 aliphatic rings. The molecular formula is C21H28ClIN4O2. The quantitative estimate of drug-likeness (QED) is 0.350. The number of rotatable bonds is 5. The third-order valence-corrected chi connectivity index (χ3v) is 5.20. The van der Waals surface area contributed by atoms with Crippen LogP contribution < -0.4 is 10.2 Å². The molecule has 0 spiro atoms. The van der Waals surface area contributed by atoms with E-state index in [0.29, 0.717) is 17.3 Å². The second kappa shape index (κ2) is 11.5. The number of para-hydroxylation sites is 2. The summed E-state index contributed by atoms with van der Waals surface area (Å²) in [7, 11) is 3.49. The first-order valence-electron chi connectivity index (χ1n) is 9.39. The van der Waals surface area contributed by atoms with Crippen molar-refractivity contribution in [2.45, 2.75) is 6.10 Å². The predicted octanol–water partition coefficient (Wildman–Crippen LogP) is 3.75. The van der Waals surface area contributed by atoms with Gasteiger partial charge in [0, 0.05) is 51.9 Å². The molecule has 6 nitrogen and oxygen atoms in total. The fourth-order valence-corrected chi connectivity index (χ4v) is 3.65. The van der Waals surface area contributed by atoms with Crippen molar-refractivity contribution < 1.29 is 9.84 Å². The number of methoxy groups -OCH3 is 1. The number of halogens is 2. The number of hydrogen-bond acceptors (Lipinski definition) is 4. The summed E-state index contributed by atoms with van der Waals surface area (Å²) in [6.07, 6.45) is -0.113. The largest absolute Gasteiger partial charge is 0.506 e. The maximum Gasteiger partial charge on any atom is 0.193 e. The summed E-state index contributed by atoms with van der Waals surface area (Å²) < 4.78 is 5.63. The fourth-order valence-electron chi connectivity index (χ4n) is 3.45. The Morgan fingerprint density at radius 2 is 1.90 bits per heavy atom. The highest BCUT2D eigenvalue weighted by atomic mass is 127. The highest BCUT2D eigenvalue weighted by Crippen LogP contribution is 2.27. The van der Waals surface area contributed by atoms with Gasteiger partial charge in [-0.3, -0.25) is 4.99 Å². The van der Waals surface area contributed by atoms with Crippen molar-refractivity contribution in [3.8, 4) is 5.75 Å². The molecule has 2 N–H and O–H groups in total. The molecule has 1 aliphatic heterocycles. The number of nitrogens with zero attached hydrogens (tertiary/aromatic N) is 3. The van der Waals surface area contributed by atoms with Crippen molar-refractivity contribution >= 4 is 47.2 Å². The molecule has 0 saturated carbocycles. The van der Waals surface area contributed by atoms with Gasteiger partial charge in [0.25, 0.3) is 0 Å². The van der Waals surface area contributed by atoms with E-state index in [0.717, 1.165) is 43.4 Å². The number of aromatic hydroxyl groups is 1. The lowest BCUT2D eigenvalue weighted by molar-refractivity contribution is 0.105. The normalized spacial score (nSPS) is 15.6. The number of phenolic OH excluding ortho intramolecular Hbond substituents is 1. The van der Waals surface area contributed by atoms with Crippen LogP contribution in [0.3, 0.4) is 0 Å². The minimum atomic E-state index is -0.113. The minimum Gasteiger partial charge on any atom is -0.506 e. The van der Waals surface area contributed by atoms with Crippen LogP contribution in [0.5, 0.6) is 5.75 Å². The Morgan fingerprint density at radius 3 is 2.52 bits per heavy atom. The van der Waals surface area contributed by atoms with E-state index in [9.17, 15) is 5.11 Å². The Hall–Kier alpha value is -1.71. The molecule has 29 heavy (non-hydrogen) atoms.